The molecule has 0 amide bonds. The van der Waals surface area contributed by atoms with Gasteiger partial charge in [0.1, 0.15) is 17.6 Å². The minimum atomic E-state index is -1.04. The lowest BCUT2D eigenvalue weighted by atomic mass is 10.1. The van der Waals surface area contributed by atoms with Crippen LogP contribution >= 0.6 is 0 Å². The van der Waals surface area contributed by atoms with E-state index in [9.17, 15) is 9.90 Å². The fourth-order valence-electron chi connectivity index (χ4n) is 1.37. The van der Waals surface area contributed by atoms with Crippen molar-refractivity contribution in [2.75, 3.05) is 25.6 Å². The van der Waals surface area contributed by atoms with E-state index in [2.05, 4.69) is 16.8 Å². The normalized spacial score (nSPS) is 10.4. The number of aliphatic hydroxyl groups is 1. The quantitative estimate of drug-likeness (QED) is 0.498. The van der Waals surface area contributed by atoms with E-state index in [1.54, 1.807) is 20.0 Å². The Morgan fingerprint density at radius 3 is 2.75 bits per heavy atom. The van der Waals surface area contributed by atoms with E-state index >= 15 is 0 Å². The number of rotatable bonds is 5. The number of carbonyl (C=O) groups excluding carboxylic acids is 1. The third-order valence-corrected chi connectivity index (χ3v) is 2.30. The molecule has 1 rings (SSSR count). The highest BCUT2D eigenvalue weighted by Crippen LogP contribution is 2.25. The molecule has 5 nitrogen and oxygen atoms in total. The Morgan fingerprint density at radius 2 is 2.20 bits per heavy atom. The van der Waals surface area contributed by atoms with Crippen molar-refractivity contribution < 1.29 is 14.6 Å². The van der Waals surface area contributed by atoms with Crippen molar-refractivity contribution in [3.8, 4) is 17.7 Å². The van der Waals surface area contributed by atoms with Gasteiger partial charge in [0.05, 0.1) is 6.61 Å². The van der Waals surface area contributed by atoms with Crippen LogP contribution in [0.4, 0.5) is 5.69 Å². The van der Waals surface area contributed by atoms with E-state index < -0.39 is 5.60 Å². The summed E-state index contributed by atoms with van der Waals surface area (Å²) in [5.74, 6) is 6.07. The van der Waals surface area contributed by atoms with Gasteiger partial charge in [-0.25, -0.2) is 4.98 Å². The standard InChI is InChI=1S/C15H20N2O3/c1-15(2,19)7-6-12-10-13(17(3)4)14(16-11-12)20-9-5-8-18/h8,10-11,19H,5,9H2,1-4H3. The lowest BCUT2D eigenvalue weighted by Crippen LogP contribution is -2.15. The van der Waals surface area contributed by atoms with Crippen LogP contribution in [0, 0.1) is 11.8 Å². The molecule has 1 aromatic heterocycles. The molecule has 0 saturated heterocycles. The zero-order valence-electron chi connectivity index (χ0n) is 12.3. The monoisotopic (exact) mass is 276 g/mol. The van der Waals surface area contributed by atoms with E-state index in [0.717, 1.165) is 12.0 Å². The second kappa shape index (κ2) is 6.92. The van der Waals surface area contributed by atoms with Gasteiger partial charge in [-0.05, 0) is 19.9 Å². The number of hydrogen-bond donors (Lipinski definition) is 1. The number of carbonyl (C=O) groups is 1. The number of nitrogens with zero attached hydrogens (tertiary/aromatic N) is 2. The van der Waals surface area contributed by atoms with Crippen LogP contribution in [0.2, 0.25) is 0 Å². The topological polar surface area (TPSA) is 62.7 Å². The first-order chi connectivity index (χ1) is 9.33. The molecular formula is C15H20N2O3. The Morgan fingerprint density at radius 1 is 1.50 bits per heavy atom. The molecule has 5 heteroatoms. The fourth-order valence-corrected chi connectivity index (χ4v) is 1.37. The second-order valence-electron chi connectivity index (χ2n) is 5.06. The summed E-state index contributed by atoms with van der Waals surface area (Å²) in [5.41, 5.74) is 0.425. The van der Waals surface area contributed by atoms with Crippen molar-refractivity contribution in [3.05, 3.63) is 17.8 Å². The molecule has 0 bridgehead atoms. The zero-order valence-corrected chi connectivity index (χ0v) is 12.3. The van der Waals surface area contributed by atoms with Crippen molar-refractivity contribution >= 4 is 12.0 Å². The molecule has 0 saturated carbocycles. The molecule has 1 heterocycles. The van der Waals surface area contributed by atoms with E-state index in [-0.39, 0.29) is 0 Å². The summed E-state index contributed by atoms with van der Waals surface area (Å²) < 4.78 is 5.46. The Labute approximate surface area is 119 Å². The van der Waals surface area contributed by atoms with Gasteiger partial charge >= 0.3 is 0 Å². The summed E-state index contributed by atoms with van der Waals surface area (Å²) >= 11 is 0. The number of anilines is 1. The molecule has 0 aliphatic heterocycles. The molecular weight excluding hydrogens is 256 g/mol. The number of pyridine rings is 1. The predicted molar refractivity (Wildman–Crippen MR) is 77.9 cm³/mol. The van der Waals surface area contributed by atoms with Gasteiger partial charge in [-0.1, -0.05) is 11.8 Å². The first kappa shape index (κ1) is 16.0. The molecule has 0 fully saturated rings. The number of ether oxygens (including phenoxy) is 1. The Bertz CT molecular complexity index is 522. The molecule has 0 atom stereocenters. The average Bonchev–Trinajstić information content (AvgIpc) is 2.36. The molecule has 0 aliphatic carbocycles. The van der Waals surface area contributed by atoms with Crippen LogP contribution in [-0.4, -0.2) is 42.7 Å². The SMILES string of the molecule is CN(C)c1cc(C#CC(C)(C)O)cnc1OCCC=O. The van der Waals surface area contributed by atoms with Gasteiger partial charge in [-0.15, -0.1) is 0 Å². The van der Waals surface area contributed by atoms with Crippen molar-refractivity contribution in [1.82, 2.24) is 4.98 Å². The molecule has 0 radical (unpaired) electrons. The Hall–Kier alpha value is -2.06. The van der Waals surface area contributed by atoms with Gasteiger partial charge in [0.2, 0.25) is 5.88 Å². The molecule has 0 aliphatic rings. The van der Waals surface area contributed by atoms with Crippen LogP contribution in [-0.2, 0) is 4.79 Å². The zero-order chi connectivity index (χ0) is 15.2. The lowest BCUT2D eigenvalue weighted by Gasteiger charge is -2.16. The maximum atomic E-state index is 10.3. The van der Waals surface area contributed by atoms with E-state index in [0.29, 0.717) is 24.5 Å². The maximum absolute atomic E-state index is 10.3. The summed E-state index contributed by atoms with van der Waals surface area (Å²) in [5, 5.41) is 9.59. The van der Waals surface area contributed by atoms with Gasteiger partial charge in [-0.3, -0.25) is 0 Å². The van der Waals surface area contributed by atoms with Crippen molar-refractivity contribution in [1.29, 1.82) is 0 Å². The molecule has 108 valence electrons. The summed E-state index contributed by atoms with van der Waals surface area (Å²) in [4.78, 5) is 16.4. The molecule has 0 spiro atoms. The Kier molecular flexibility index (Phi) is 5.53. The minimum Gasteiger partial charge on any atom is -0.476 e. The predicted octanol–water partition coefficient (Wildman–Crippen LogP) is 1.24. The van der Waals surface area contributed by atoms with Crippen molar-refractivity contribution in [3.63, 3.8) is 0 Å². The van der Waals surface area contributed by atoms with E-state index in [1.165, 1.54) is 0 Å². The number of hydrogen-bond acceptors (Lipinski definition) is 5. The largest absolute Gasteiger partial charge is 0.476 e. The average molecular weight is 276 g/mol. The number of aromatic nitrogens is 1. The van der Waals surface area contributed by atoms with E-state index in [4.69, 9.17) is 4.74 Å². The van der Waals surface area contributed by atoms with Gasteiger partial charge < -0.3 is 19.5 Å². The fraction of sp³-hybridized carbons (Fsp3) is 0.467. The smallest absolute Gasteiger partial charge is 0.237 e. The van der Waals surface area contributed by atoms with Crippen molar-refractivity contribution in [2.45, 2.75) is 25.9 Å². The summed E-state index contributed by atoms with van der Waals surface area (Å²) in [7, 11) is 3.74. The van der Waals surface area contributed by atoms with Crippen LogP contribution < -0.4 is 9.64 Å². The number of aldehydes is 1. The maximum Gasteiger partial charge on any atom is 0.237 e. The highest BCUT2D eigenvalue weighted by Gasteiger charge is 2.10. The summed E-state index contributed by atoms with van der Waals surface area (Å²) in [6.45, 7) is 3.54. The van der Waals surface area contributed by atoms with Crippen LogP contribution in [0.15, 0.2) is 12.3 Å². The molecule has 0 aromatic carbocycles. The molecule has 0 unspecified atom stereocenters. The highest BCUT2D eigenvalue weighted by atomic mass is 16.5. The minimum absolute atomic E-state index is 0.298. The van der Waals surface area contributed by atoms with Gasteiger partial charge in [0.15, 0.2) is 0 Å². The van der Waals surface area contributed by atoms with Crippen molar-refractivity contribution in [2.24, 2.45) is 0 Å². The lowest BCUT2D eigenvalue weighted by molar-refractivity contribution is -0.108. The first-order valence-electron chi connectivity index (χ1n) is 6.33. The second-order valence-corrected chi connectivity index (χ2v) is 5.06. The van der Waals surface area contributed by atoms with Crippen LogP contribution in [0.1, 0.15) is 25.8 Å². The summed E-state index contributed by atoms with van der Waals surface area (Å²) in [6, 6.07) is 1.84. The van der Waals surface area contributed by atoms with Crippen LogP contribution in [0.3, 0.4) is 0 Å². The third kappa shape index (κ3) is 5.29. The summed E-state index contributed by atoms with van der Waals surface area (Å²) in [6.07, 6.45) is 2.72. The molecule has 1 N–H and O–H groups in total. The first-order valence-corrected chi connectivity index (χ1v) is 6.33. The highest BCUT2D eigenvalue weighted by molar-refractivity contribution is 5.58. The van der Waals surface area contributed by atoms with Crippen LogP contribution in [0.25, 0.3) is 0 Å². The van der Waals surface area contributed by atoms with Gasteiger partial charge in [-0.2, -0.15) is 0 Å². The van der Waals surface area contributed by atoms with E-state index in [1.807, 2.05) is 25.1 Å². The van der Waals surface area contributed by atoms with Gasteiger partial charge in [0.25, 0.3) is 0 Å². The van der Waals surface area contributed by atoms with Gasteiger partial charge in [0, 0.05) is 32.3 Å². The Balaban J connectivity index is 3.00. The van der Waals surface area contributed by atoms with Crippen LogP contribution in [0.5, 0.6) is 5.88 Å². The molecule has 20 heavy (non-hydrogen) atoms. The molecule has 1 aromatic rings. The third-order valence-electron chi connectivity index (χ3n) is 2.30.